The minimum Gasteiger partial charge on any atom is -0.210 e. The molecule has 116 valence electrons. The van der Waals surface area contributed by atoms with Crippen LogP contribution in [0.5, 0.6) is 0 Å². The molecular weight excluding hydrogens is 310 g/mol. The van der Waals surface area contributed by atoms with E-state index < -0.39 is 0 Å². The number of benzene rings is 2. The summed E-state index contributed by atoms with van der Waals surface area (Å²) < 4.78 is 1.58. The van der Waals surface area contributed by atoms with E-state index in [-0.39, 0.29) is 5.56 Å². The van der Waals surface area contributed by atoms with E-state index in [1.54, 1.807) is 4.52 Å². The molecular formula is C20H11N5. The second-order valence-electron chi connectivity index (χ2n) is 5.45. The fourth-order valence-corrected chi connectivity index (χ4v) is 2.76. The molecule has 0 aliphatic rings. The summed E-state index contributed by atoms with van der Waals surface area (Å²) in [5, 5.41) is 24.1. The Morgan fingerprint density at radius 1 is 0.840 bits per heavy atom. The molecule has 0 amide bonds. The highest BCUT2D eigenvalue weighted by atomic mass is 15.3. The van der Waals surface area contributed by atoms with Crippen molar-refractivity contribution in [2.45, 2.75) is 0 Å². The molecule has 0 N–H and O–H groups in total. The zero-order chi connectivity index (χ0) is 17.2. The Morgan fingerprint density at radius 2 is 1.48 bits per heavy atom. The number of fused-ring (bicyclic) bond motifs is 1. The van der Waals surface area contributed by atoms with Gasteiger partial charge in [0.2, 0.25) is 0 Å². The van der Waals surface area contributed by atoms with Crippen LogP contribution in [0.15, 0.2) is 60.7 Å². The van der Waals surface area contributed by atoms with Crippen molar-refractivity contribution in [3.63, 3.8) is 0 Å². The number of aromatic nitrogens is 3. The molecule has 0 fully saturated rings. The maximum atomic E-state index is 9.52. The van der Waals surface area contributed by atoms with Crippen LogP contribution in [0.1, 0.15) is 16.7 Å². The summed E-state index contributed by atoms with van der Waals surface area (Å²) in [7, 11) is 0. The van der Waals surface area contributed by atoms with Crippen LogP contribution >= 0.6 is 0 Å². The van der Waals surface area contributed by atoms with Gasteiger partial charge in [-0.15, -0.1) is 5.10 Å². The largest absolute Gasteiger partial charge is 0.210 e. The second-order valence-corrected chi connectivity index (χ2v) is 5.45. The first-order valence-electron chi connectivity index (χ1n) is 7.66. The summed E-state index contributed by atoms with van der Waals surface area (Å²) in [6, 6.07) is 23.4. The predicted octanol–water partition coefficient (Wildman–Crippen LogP) is 2.69. The third-order valence-electron chi connectivity index (χ3n) is 3.92. The number of hydrogen-bond acceptors (Lipinski definition) is 4. The molecule has 0 radical (unpaired) electrons. The van der Waals surface area contributed by atoms with Crippen LogP contribution in [0.25, 0.3) is 23.1 Å². The lowest BCUT2D eigenvalue weighted by Crippen LogP contribution is -2.13. The molecule has 2 aromatic heterocycles. The van der Waals surface area contributed by atoms with Gasteiger partial charge in [-0.2, -0.15) is 10.5 Å². The average Bonchev–Trinajstić information content (AvgIpc) is 3.21. The van der Waals surface area contributed by atoms with Crippen LogP contribution in [0.2, 0.25) is 0 Å². The first-order valence-corrected chi connectivity index (χ1v) is 7.66. The van der Waals surface area contributed by atoms with Crippen molar-refractivity contribution in [2.24, 2.45) is 0 Å². The Labute approximate surface area is 143 Å². The van der Waals surface area contributed by atoms with E-state index >= 15 is 0 Å². The van der Waals surface area contributed by atoms with E-state index in [2.05, 4.69) is 22.2 Å². The van der Waals surface area contributed by atoms with Gasteiger partial charge < -0.3 is 0 Å². The van der Waals surface area contributed by atoms with Gasteiger partial charge in [0.25, 0.3) is 0 Å². The van der Waals surface area contributed by atoms with Crippen LogP contribution in [0.4, 0.5) is 0 Å². The summed E-state index contributed by atoms with van der Waals surface area (Å²) >= 11 is 0. The van der Waals surface area contributed by atoms with Crippen LogP contribution in [0, 0.1) is 22.7 Å². The maximum Gasteiger partial charge on any atom is 0.182 e. The summed E-state index contributed by atoms with van der Waals surface area (Å²) in [5.41, 5.74) is 2.73. The zero-order valence-electron chi connectivity index (χ0n) is 13.1. The van der Waals surface area contributed by atoms with Crippen LogP contribution in [0.3, 0.4) is 0 Å². The monoisotopic (exact) mass is 321 g/mol. The SMILES string of the molecule is N#Cc1c(C#N)c2nc(-c3ccccc3)nn2/c1=C/c1ccccc1. The number of nitrogens with zero attached hydrogens (tertiary/aromatic N) is 5. The standard InChI is InChI=1S/C20H11N5/c21-12-16-17(13-22)20-23-19(15-9-5-2-6-10-15)24-25(20)18(16)11-14-7-3-1-4-8-14/h1-11H/b18-11+. The van der Waals surface area contributed by atoms with Crippen molar-refractivity contribution in [1.82, 2.24) is 14.6 Å². The number of nitriles is 2. The molecule has 0 saturated heterocycles. The number of hydrogen-bond donors (Lipinski definition) is 0. The molecule has 2 heterocycles. The molecule has 0 unspecified atom stereocenters. The van der Waals surface area contributed by atoms with Gasteiger partial charge in [-0.05, 0) is 11.6 Å². The molecule has 5 nitrogen and oxygen atoms in total. The van der Waals surface area contributed by atoms with Gasteiger partial charge in [-0.1, -0.05) is 60.7 Å². The molecule has 4 rings (SSSR count). The Hall–Kier alpha value is -3.96. The first-order chi connectivity index (χ1) is 12.3. The average molecular weight is 321 g/mol. The van der Waals surface area contributed by atoms with Gasteiger partial charge in [0.15, 0.2) is 11.5 Å². The normalized spacial score (nSPS) is 11.4. The zero-order valence-corrected chi connectivity index (χ0v) is 13.1. The molecule has 0 aliphatic heterocycles. The Bertz CT molecular complexity index is 1190. The van der Waals surface area contributed by atoms with Crippen LogP contribution in [-0.2, 0) is 0 Å². The van der Waals surface area contributed by atoms with Gasteiger partial charge in [0.1, 0.15) is 17.7 Å². The first kappa shape index (κ1) is 14.6. The lowest BCUT2D eigenvalue weighted by atomic mass is 10.1. The smallest absolute Gasteiger partial charge is 0.182 e. The highest BCUT2D eigenvalue weighted by Crippen LogP contribution is 2.18. The quantitative estimate of drug-likeness (QED) is 0.568. The lowest BCUT2D eigenvalue weighted by molar-refractivity contribution is 0.944. The lowest BCUT2D eigenvalue weighted by Gasteiger charge is -1.93. The van der Waals surface area contributed by atoms with Crippen molar-refractivity contribution in [1.29, 1.82) is 10.5 Å². The minimum atomic E-state index is 0.249. The summed E-state index contributed by atoms with van der Waals surface area (Å²) in [6.45, 7) is 0. The Morgan fingerprint density at radius 3 is 2.12 bits per heavy atom. The van der Waals surface area contributed by atoms with Crippen molar-refractivity contribution < 1.29 is 0 Å². The summed E-state index contributed by atoms with van der Waals surface area (Å²) in [6.07, 6.45) is 1.84. The molecule has 0 aliphatic carbocycles. The van der Waals surface area contributed by atoms with E-state index in [9.17, 15) is 10.5 Å². The minimum absolute atomic E-state index is 0.249. The molecule has 25 heavy (non-hydrogen) atoms. The molecule has 5 heteroatoms. The molecule has 0 bridgehead atoms. The van der Waals surface area contributed by atoms with Crippen molar-refractivity contribution in [3.8, 4) is 23.5 Å². The fourth-order valence-electron chi connectivity index (χ4n) is 2.76. The molecule has 4 aromatic rings. The van der Waals surface area contributed by atoms with Gasteiger partial charge in [-0.3, -0.25) is 0 Å². The fraction of sp³-hybridized carbons (Fsp3) is 0. The van der Waals surface area contributed by atoms with Gasteiger partial charge in [0, 0.05) is 5.56 Å². The van der Waals surface area contributed by atoms with E-state index in [1.807, 2.05) is 66.7 Å². The molecule has 0 saturated carbocycles. The highest BCUT2D eigenvalue weighted by Gasteiger charge is 2.19. The molecule has 2 aromatic carbocycles. The second kappa shape index (κ2) is 5.92. The van der Waals surface area contributed by atoms with Crippen molar-refractivity contribution in [2.75, 3.05) is 0 Å². The summed E-state index contributed by atoms with van der Waals surface area (Å²) in [5.74, 6) is 0.527. The van der Waals surface area contributed by atoms with Gasteiger partial charge in [-0.25, -0.2) is 9.50 Å². The topological polar surface area (TPSA) is 77.8 Å². The number of rotatable bonds is 2. The van der Waals surface area contributed by atoms with E-state index in [0.29, 0.717) is 22.4 Å². The maximum absolute atomic E-state index is 9.52. The third kappa shape index (κ3) is 2.41. The summed E-state index contributed by atoms with van der Waals surface area (Å²) in [4.78, 5) is 4.48. The molecule has 0 spiro atoms. The van der Waals surface area contributed by atoms with Crippen molar-refractivity contribution >= 4 is 11.7 Å². The Balaban J connectivity index is 2.05. The van der Waals surface area contributed by atoms with E-state index in [0.717, 1.165) is 11.1 Å². The Kier molecular flexibility index (Phi) is 3.46. The predicted molar refractivity (Wildman–Crippen MR) is 93.1 cm³/mol. The third-order valence-corrected chi connectivity index (χ3v) is 3.92. The van der Waals surface area contributed by atoms with E-state index in [1.165, 1.54) is 0 Å². The van der Waals surface area contributed by atoms with Crippen molar-refractivity contribution in [3.05, 3.63) is 82.7 Å². The van der Waals surface area contributed by atoms with E-state index in [4.69, 9.17) is 0 Å². The highest BCUT2D eigenvalue weighted by molar-refractivity contribution is 5.70. The van der Waals surface area contributed by atoms with Crippen LogP contribution < -0.4 is 5.35 Å². The van der Waals surface area contributed by atoms with Gasteiger partial charge >= 0.3 is 0 Å². The van der Waals surface area contributed by atoms with Crippen LogP contribution in [-0.4, -0.2) is 14.6 Å². The molecule has 0 atom stereocenters. The van der Waals surface area contributed by atoms with Gasteiger partial charge in [0.05, 0.1) is 10.9 Å².